The fraction of sp³-hybridized carbons (Fsp3) is 0. The molecular weight excluding hydrogens is 242 g/mol. The molecule has 0 amide bonds. The first-order valence-electron chi connectivity index (χ1n) is 3.82. The lowest BCUT2D eigenvalue weighted by Crippen LogP contribution is -2.23. The Morgan fingerprint density at radius 2 is 1.94 bits per heavy atom. The summed E-state index contributed by atoms with van der Waals surface area (Å²) in [6, 6.07) is 0.955. The van der Waals surface area contributed by atoms with Crippen molar-refractivity contribution in [2.24, 2.45) is 0 Å². The molecule has 9 nitrogen and oxygen atoms in total. The first-order valence-corrected chi connectivity index (χ1v) is 5.15. The van der Waals surface area contributed by atoms with Crippen LogP contribution in [0.15, 0.2) is 6.07 Å². The van der Waals surface area contributed by atoms with E-state index in [2.05, 4.69) is 8.37 Å². The molecule has 0 unspecified atom stereocenters. The second kappa shape index (κ2) is 2.88. The van der Waals surface area contributed by atoms with Crippen LogP contribution in [-0.2, 0) is 10.4 Å². The molecule has 0 saturated heterocycles. The highest BCUT2D eigenvalue weighted by molar-refractivity contribution is 7.82. The molecule has 1 aliphatic heterocycles. The molecule has 0 aromatic heterocycles. The standard InChI is InChI=1S/C6H5N3O6S/c7-2-1-3-5(9(10)11)6(4(2)8)15-16(12,13)14-3/h1H,7-8H2. The van der Waals surface area contributed by atoms with Gasteiger partial charge in [0.15, 0.2) is 0 Å². The molecule has 1 aliphatic rings. The molecule has 4 N–H and O–H groups in total. The average Bonchev–Trinajstić information content (AvgIpc) is 2.11. The molecule has 0 spiro atoms. The predicted molar refractivity (Wildman–Crippen MR) is 52.1 cm³/mol. The third-order valence-electron chi connectivity index (χ3n) is 1.85. The number of rotatable bonds is 1. The zero-order valence-corrected chi connectivity index (χ0v) is 8.35. The summed E-state index contributed by atoms with van der Waals surface area (Å²) < 4.78 is 30.6. The minimum absolute atomic E-state index is 0.0644. The summed E-state index contributed by atoms with van der Waals surface area (Å²) in [7, 11) is -4.37. The Labute approximate surface area is 89.0 Å². The van der Waals surface area contributed by atoms with Crippen LogP contribution in [0.4, 0.5) is 17.1 Å². The van der Waals surface area contributed by atoms with Crippen molar-refractivity contribution >= 4 is 27.5 Å². The van der Waals surface area contributed by atoms with Gasteiger partial charge in [0, 0.05) is 6.07 Å². The number of nitro groups is 1. The summed E-state index contributed by atoms with van der Waals surface area (Å²) in [6.07, 6.45) is 0. The van der Waals surface area contributed by atoms with Gasteiger partial charge in [-0.3, -0.25) is 10.1 Å². The lowest BCUT2D eigenvalue weighted by molar-refractivity contribution is -0.386. The Balaban J connectivity index is 2.81. The van der Waals surface area contributed by atoms with E-state index in [1.54, 1.807) is 0 Å². The SMILES string of the molecule is Nc1cc2c([N+](=O)[O-])c(c1N)OS(=O)(=O)O2. The van der Waals surface area contributed by atoms with E-state index in [1.165, 1.54) is 0 Å². The predicted octanol–water partition coefficient (Wildman–Crippen LogP) is -0.225. The molecule has 1 aromatic rings. The van der Waals surface area contributed by atoms with Gasteiger partial charge in [-0.25, -0.2) is 0 Å². The zero-order valence-electron chi connectivity index (χ0n) is 7.54. The van der Waals surface area contributed by atoms with Crippen LogP contribution >= 0.6 is 0 Å². The fourth-order valence-electron chi connectivity index (χ4n) is 1.21. The van der Waals surface area contributed by atoms with Gasteiger partial charge < -0.3 is 19.8 Å². The van der Waals surface area contributed by atoms with Crippen LogP contribution in [0.5, 0.6) is 11.5 Å². The van der Waals surface area contributed by atoms with Crippen molar-refractivity contribution in [2.75, 3.05) is 11.5 Å². The average molecular weight is 247 g/mol. The Hall–Kier alpha value is -2.23. The molecule has 2 bridgehead atoms. The van der Waals surface area contributed by atoms with Gasteiger partial charge >= 0.3 is 16.1 Å². The van der Waals surface area contributed by atoms with E-state index in [-0.39, 0.29) is 11.4 Å². The van der Waals surface area contributed by atoms with Crippen molar-refractivity contribution in [2.45, 2.75) is 0 Å². The molecule has 2 rings (SSSR count). The molecule has 1 heterocycles. The quantitative estimate of drug-likeness (QED) is 0.393. The summed E-state index contributed by atoms with van der Waals surface area (Å²) in [6.45, 7) is 0. The highest BCUT2D eigenvalue weighted by Gasteiger charge is 2.38. The van der Waals surface area contributed by atoms with Gasteiger partial charge in [0.25, 0.3) is 5.75 Å². The van der Waals surface area contributed by atoms with E-state index in [1.807, 2.05) is 0 Å². The van der Waals surface area contributed by atoms with Crippen LogP contribution in [-0.4, -0.2) is 13.3 Å². The van der Waals surface area contributed by atoms with E-state index in [9.17, 15) is 18.5 Å². The lowest BCUT2D eigenvalue weighted by Gasteiger charge is -2.17. The highest BCUT2D eigenvalue weighted by Crippen LogP contribution is 2.48. The first kappa shape index (κ1) is 10.3. The number of nitrogens with zero attached hydrogens (tertiary/aromatic N) is 1. The number of nitro benzene ring substituents is 1. The summed E-state index contributed by atoms with van der Waals surface area (Å²) in [4.78, 5) is 9.80. The Bertz CT molecular complexity index is 595. The van der Waals surface area contributed by atoms with Crippen LogP contribution in [0.2, 0.25) is 0 Å². The maximum absolute atomic E-state index is 11.0. The van der Waals surface area contributed by atoms with Crippen molar-refractivity contribution in [3.63, 3.8) is 0 Å². The second-order valence-electron chi connectivity index (χ2n) is 2.89. The van der Waals surface area contributed by atoms with E-state index < -0.39 is 32.5 Å². The molecule has 0 atom stereocenters. The van der Waals surface area contributed by atoms with Gasteiger partial charge in [-0.1, -0.05) is 0 Å². The third kappa shape index (κ3) is 1.35. The van der Waals surface area contributed by atoms with Crippen LogP contribution in [0.25, 0.3) is 0 Å². The minimum atomic E-state index is -4.37. The van der Waals surface area contributed by atoms with E-state index in [0.29, 0.717) is 0 Å². The molecule has 16 heavy (non-hydrogen) atoms. The molecular formula is C6H5N3O6S. The van der Waals surface area contributed by atoms with E-state index in [0.717, 1.165) is 6.07 Å². The molecule has 0 saturated carbocycles. The second-order valence-corrected chi connectivity index (χ2v) is 4.04. The Kier molecular flexibility index (Phi) is 1.85. The van der Waals surface area contributed by atoms with E-state index >= 15 is 0 Å². The zero-order chi connectivity index (χ0) is 12.1. The molecule has 86 valence electrons. The van der Waals surface area contributed by atoms with Gasteiger partial charge in [0.1, 0.15) is 5.69 Å². The lowest BCUT2D eigenvalue weighted by atomic mass is 10.2. The molecule has 0 aliphatic carbocycles. The van der Waals surface area contributed by atoms with Crippen molar-refractivity contribution < 1.29 is 21.7 Å². The van der Waals surface area contributed by atoms with Gasteiger partial charge in [-0.05, 0) is 0 Å². The van der Waals surface area contributed by atoms with Gasteiger partial charge in [-0.2, -0.15) is 0 Å². The Morgan fingerprint density at radius 1 is 1.31 bits per heavy atom. The highest BCUT2D eigenvalue weighted by atomic mass is 32.3. The molecule has 1 aromatic carbocycles. The van der Waals surface area contributed by atoms with Crippen LogP contribution in [0, 0.1) is 10.1 Å². The third-order valence-corrected chi connectivity index (χ3v) is 2.60. The summed E-state index contributed by atoms with van der Waals surface area (Å²) in [5.41, 5.74) is 9.72. The minimum Gasteiger partial charge on any atom is -0.397 e. The van der Waals surface area contributed by atoms with Crippen LogP contribution in [0.1, 0.15) is 0 Å². The smallest absolute Gasteiger partial charge is 0.397 e. The monoisotopic (exact) mass is 247 g/mol. The van der Waals surface area contributed by atoms with Gasteiger partial charge in [0.2, 0.25) is 5.75 Å². The summed E-state index contributed by atoms with van der Waals surface area (Å²) >= 11 is 0. The maximum Gasteiger partial charge on any atom is 0.501 e. The number of hydrogen-bond acceptors (Lipinski definition) is 8. The maximum atomic E-state index is 11.0. The van der Waals surface area contributed by atoms with Crippen molar-refractivity contribution in [1.29, 1.82) is 0 Å². The molecule has 0 radical (unpaired) electrons. The molecule has 10 heteroatoms. The molecule has 0 fully saturated rings. The largest absolute Gasteiger partial charge is 0.501 e. The van der Waals surface area contributed by atoms with Crippen LogP contribution in [0.3, 0.4) is 0 Å². The Morgan fingerprint density at radius 3 is 2.50 bits per heavy atom. The van der Waals surface area contributed by atoms with Gasteiger partial charge in [-0.15, -0.1) is 8.42 Å². The number of fused-ring (bicyclic) bond motifs is 2. The number of nitrogen functional groups attached to an aromatic ring is 2. The van der Waals surface area contributed by atoms with Gasteiger partial charge in [0.05, 0.1) is 10.6 Å². The summed E-state index contributed by atoms with van der Waals surface area (Å²) in [5.74, 6) is -1.13. The van der Waals surface area contributed by atoms with Crippen LogP contribution < -0.4 is 19.8 Å². The number of anilines is 2. The number of hydrogen-bond donors (Lipinski definition) is 2. The number of benzene rings is 1. The number of nitrogens with two attached hydrogens (primary N) is 2. The van der Waals surface area contributed by atoms with Crippen molar-refractivity contribution in [3.8, 4) is 11.5 Å². The van der Waals surface area contributed by atoms with Crippen molar-refractivity contribution in [1.82, 2.24) is 0 Å². The van der Waals surface area contributed by atoms with Crippen molar-refractivity contribution in [3.05, 3.63) is 16.2 Å². The van der Waals surface area contributed by atoms with E-state index in [4.69, 9.17) is 11.5 Å². The normalized spacial score (nSPS) is 16.0. The topological polar surface area (TPSA) is 148 Å². The first-order chi connectivity index (χ1) is 7.32. The fourth-order valence-corrected chi connectivity index (χ4v) is 1.96. The summed E-state index contributed by atoms with van der Waals surface area (Å²) in [5, 5.41) is 10.7.